The van der Waals surface area contributed by atoms with Crippen LogP contribution in [0.3, 0.4) is 0 Å². The van der Waals surface area contributed by atoms with E-state index in [2.05, 4.69) is 5.32 Å². The zero-order valence-electron chi connectivity index (χ0n) is 11.8. The Morgan fingerprint density at radius 2 is 2.18 bits per heavy atom. The molecule has 0 saturated heterocycles. The highest BCUT2D eigenvalue weighted by molar-refractivity contribution is 6.30. The lowest BCUT2D eigenvalue weighted by Crippen LogP contribution is -2.40. The maximum Gasteiger partial charge on any atom is 0.321 e. The molecule has 1 aromatic carbocycles. The molecule has 0 fully saturated rings. The van der Waals surface area contributed by atoms with Gasteiger partial charge in [0.1, 0.15) is 12.4 Å². The summed E-state index contributed by atoms with van der Waals surface area (Å²) in [7, 11) is 1.37. The van der Waals surface area contributed by atoms with E-state index in [1.54, 1.807) is 18.2 Å². The molecule has 8 heteroatoms. The Morgan fingerprint density at radius 1 is 1.41 bits per heavy atom. The van der Waals surface area contributed by atoms with Crippen molar-refractivity contribution >= 4 is 29.5 Å². The molecule has 118 valence electrons. The van der Waals surface area contributed by atoms with Gasteiger partial charge >= 0.3 is 12.0 Å². The van der Waals surface area contributed by atoms with Crippen LogP contribution in [0.4, 0.5) is 4.79 Å². The third kappa shape index (κ3) is 4.11. The third-order valence-electron chi connectivity index (χ3n) is 3.09. The SMILES string of the molecule is CNC(=O)NC(=O)COC(=O)C1COc2ccc(Cl)cc2C1. The normalized spacial score (nSPS) is 16.0. The quantitative estimate of drug-likeness (QED) is 0.805. The van der Waals surface area contributed by atoms with Crippen molar-refractivity contribution in [3.05, 3.63) is 28.8 Å². The molecule has 0 aromatic heterocycles. The van der Waals surface area contributed by atoms with Gasteiger partial charge in [0, 0.05) is 12.1 Å². The molecule has 0 spiro atoms. The summed E-state index contributed by atoms with van der Waals surface area (Å²) in [5, 5.41) is 4.77. The monoisotopic (exact) mass is 326 g/mol. The van der Waals surface area contributed by atoms with Gasteiger partial charge in [-0.2, -0.15) is 0 Å². The second-order valence-electron chi connectivity index (χ2n) is 4.70. The van der Waals surface area contributed by atoms with E-state index in [4.69, 9.17) is 21.1 Å². The van der Waals surface area contributed by atoms with E-state index in [0.29, 0.717) is 17.2 Å². The van der Waals surface area contributed by atoms with E-state index < -0.39 is 30.4 Å². The Morgan fingerprint density at radius 3 is 2.91 bits per heavy atom. The van der Waals surface area contributed by atoms with Crippen LogP contribution in [0.1, 0.15) is 5.56 Å². The predicted octanol–water partition coefficient (Wildman–Crippen LogP) is 0.890. The van der Waals surface area contributed by atoms with Crippen LogP contribution in [-0.4, -0.2) is 38.2 Å². The van der Waals surface area contributed by atoms with Gasteiger partial charge in [-0.1, -0.05) is 11.6 Å². The number of fused-ring (bicyclic) bond motifs is 1. The lowest BCUT2D eigenvalue weighted by atomic mass is 9.97. The Balaban J connectivity index is 1.86. The van der Waals surface area contributed by atoms with E-state index in [9.17, 15) is 14.4 Å². The Labute approximate surface area is 131 Å². The molecule has 0 aliphatic carbocycles. The summed E-state index contributed by atoms with van der Waals surface area (Å²) < 4.78 is 10.4. The number of ether oxygens (including phenoxy) is 2. The molecule has 7 nitrogen and oxygen atoms in total. The number of hydrogen-bond acceptors (Lipinski definition) is 5. The maximum absolute atomic E-state index is 11.9. The summed E-state index contributed by atoms with van der Waals surface area (Å²) in [4.78, 5) is 34.2. The predicted molar refractivity (Wildman–Crippen MR) is 77.7 cm³/mol. The Kier molecular flexibility index (Phi) is 5.21. The van der Waals surface area contributed by atoms with Gasteiger partial charge in [-0.05, 0) is 30.2 Å². The lowest BCUT2D eigenvalue weighted by Gasteiger charge is -2.24. The highest BCUT2D eigenvalue weighted by Crippen LogP contribution is 2.30. The lowest BCUT2D eigenvalue weighted by molar-refractivity contribution is -0.153. The highest BCUT2D eigenvalue weighted by atomic mass is 35.5. The van der Waals surface area contributed by atoms with Crippen molar-refractivity contribution in [3.8, 4) is 5.75 Å². The standard InChI is InChI=1S/C14H15ClN2O5/c1-16-14(20)17-12(18)7-22-13(19)9-4-8-5-10(15)2-3-11(8)21-6-9/h2-3,5,9H,4,6-7H2,1H3,(H2,16,17,18,20). The summed E-state index contributed by atoms with van der Waals surface area (Å²) in [6, 6.07) is 4.53. The minimum absolute atomic E-state index is 0.171. The van der Waals surface area contributed by atoms with E-state index in [1.807, 2.05) is 5.32 Å². The summed E-state index contributed by atoms with van der Waals surface area (Å²) in [6.45, 7) is -0.352. The molecule has 0 saturated carbocycles. The number of urea groups is 1. The van der Waals surface area contributed by atoms with Gasteiger partial charge < -0.3 is 14.8 Å². The largest absolute Gasteiger partial charge is 0.492 e. The van der Waals surface area contributed by atoms with Crippen molar-refractivity contribution in [1.82, 2.24) is 10.6 Å². The molecular formula is C14H15ClN2O5. The van der Waals surface area contributed by atoms with E-state index in [1.165, 1.54) is 7.05 Å². The van der Waals surface area contributed by atoms with E-state index in [-0.39, 0.29) is 6.61 Å². The summed E-state index contributed by atoms with van der Waals surface area (Å²) >= 11 is 5.91. The van der Waals surface area contributed by atoms with Crippen LogP contribution in [0, 0.1) is 5.92 Å². The minimum atomic E-state index is -0.701. The van der Waals surface area contributed by atoms with Crippen molar-refractivity contribution in [1.29, 1.82) is 0 Å². The van der Waals surface area contributed by atoms with E-state index in [0.717, 1.165) is 5.56 Å². The Hall–Kier alpha value is -2.28. The first-order valence-corrected chi connectivity index (χ1v) is 6.97. The molecule has 1 aromatic rings. The first-order valence-electron chi connectivity index (χ1n) is 6.59. The second kappa shape index (κ2) is 7.13. The number of imide groups is 1. The van der Waals surface area contributed by atoms with Gasteiger partial charge in [-0.25, -0.2) is 4.79 Å². The zero-order valence-corrected chi connectivity index (χ0v) is 12.6. The van der Waals surface area contributed by atoms with Crippen molar-refractivity contribution in [3.63, 3.8) is 0 Å². The van der Waals surface area contributed by atoms with Gasteiger partial charge in [0.15, 0.2) is 6.61 Å². The number of benzene rings is 1. The fourth-order valence-electron chi connectivity index (χ4n) is 1.99. The van der Waals surface area contributed by atoms with Crippen LogP contribution < -0.4 is 15.4 Å². The second-order valence-corrected chi connectivity index (χ2v) is 5.14. The average molecular weight is 327 g/mol. The summed E-state index contributed by atoms with van der Waals surface area (Å²) in [5.41, 5.74) is 0.815. The maximum atomic E-state index is 11.9. The molecule has 0 radical (unpaired) electrons. The minimum Gasteiger partial charge on any atom is -0.492 e. The third-order valence-corrected chi connectivity index (χ3v) is 3.32. The molecule has 22 heavy (non-hydrogen) atoms. The van der Waals surface area contributed by atoms with Gasteiger partial charge in [-0.3, -0.25) is 14.9 Å². The molecule has 1 atom stereocenters. The number of amides is 3. The number of hydrogen-bond donors (Lipinski definition) is 2. The van der Waals surface area contributed by atoms with Crippen LogP contribution in [-0.2, 0) is 20.7 Å². The van der Waals surface area contributed by atoms with Crippen molar-refractivity contribution in [2.45, 2.75) is 6.42 Å². The fraction of sp³-hybridized carbons (Fsp3) is 0.357. The van der Waals surface area contributed by atoms with Crippen molar-refractivity contribution in [2.24, 2.45) is 5.92 Å². The molecule has 1 aliphatic heterocycles. The summed E-state index contributed by atoms with van der Waals surface area (Å²) in [5.74, 6) is -1.09. The number of rotatable bonds is 3. The number of esters is 1. The topological polar surface area (TPSA) is 93.7 Å². The van der Waals surface area contributed by atoms with Crippen LogP contribution in [0.15, 0.2) is 18.2 Å². The van der Waals surface area contributed by atoms with Crippen LogP contribution in [0.5, 0.6) is 5.75 Å². The first kappa shape index (κ1) is 16.1. The molecule has 0 bridgehead atoms. The van der Waals surface area contributed by atoms with Crippen LogP contribution >= 0.6 is 11.6 Å². The van der Waals surface area contributed by atoms with Crippen LogP contribution in [0.25, 0.3) is 0 Å². The fourth-order valence-corrected chi connectivity index (χ4v) is 2.19. The number of nitrogens with one attached hydrogen (secondary N) is 2. The molecule has 1 aliphatic rings. The summed E-state index contributed by atoms with van der Waals surface area (Å²) in [6.07, 6.45) is 0.422. The first-order chi connectivity index (χ1) is 10.5. The molecule has 1 heterocycles. The van der Waals surface area contributed by atoms with Gasteiger partial charge in [0.25, 0.3) is 5.91 Å². The van der Waals surface area contributed by atoms with Crippen molar-refractivity contribution in [2.75, 3.05) is 20.3 Å². The highest BCUT2D eigenvalue weighted by Gasteiger charge is 2.28. The Bertz CT molecular complexity index is 605. The number of carbonyl (C=O) groups is 3. The molecule has 2 N–H and O–H groups in total. The molecule has 2 rings (SSSR count). The van der Waals surface area contributed by atoms with Gasteiger partial charge in [0.2, 0.25) is 0 Å². The number of carbonyl (C=O) groups excluding carboxylic acids is 3. The van der Waals surface area contributed by atoms with Gasteiger partial charge in [-0.15, -0.1) is 0 Å². The molecule has 3 amide bonds. The average Bonchev–Trinajstić information content (AvgIpc) is 2.51. The van der Waals surface area contributed by atoms with Crippen LogP contribution in [0.2, 0.25) is 5.02 Å². The smallest absolute Gasteiger partial charge is 0.321 e. The zero-order chi connectivity index (χ0) is 16.1. The van der Waals surface area contributed by atoms with Crippen molar-refractivity contribution < 1.29 is 23.9 Å². The van der Waals surface area contributed by atoms with Gasteiger partial charge in [0.05, 0.1) is 5.92 Å². The number of halogens is 1. The van der Waals surface area contributed by atoms with E-state index >= 15 is 0 Å². The molecule has 1 unspecified atom stereocenters. The molecular weight excluding hydrogens is 312 g/mol.